The third-order valence-corrected chi connectivity index (χ3v) is 1.34. The van der Waals surface area contributed by atoms with Gasteiger partial charge in [0.05, 0.1) is 12.1 Å². The fourth-order valence-corrected chi connectivity index (χ4v) is 0.977. The summed E-state index contributed by atoms with van der Waals surface area (Å²) in [6.45, 7) is 9.69. The molecule has 0 rings (SSSR count). The minimum atomic E-state index is -0.465. The minimum Gasteiger partial charge on any atom is -0.444 e. The molecule has 0 saturated heterocycles. The summed E-state index contributed by atoms with van der Waals surface area (Å²) in [4.78, 5) is 11.4. The highest BCUT2D eigenvalue weighted by atomic mass is 16.6. The van der Waals surface area contributed by atoms with Crippen molar-refractivity contribution in [2.24, 2.45) is 0 Å². The van der Waals surface area contributed by atoms with Crippen molar-refractivity contribution >= 4 is 6.09 Å². The zero-order chi connectivity index (χ0) is 11.4. The Morgan fingerprint density at radius 3 is 2.07 bits per heavy atom. The highest BCUT2D eigenvalue weighted by Gasteiger charge is 2.24. The fourth-order valence-electron chi connectivity index (χ4n) is 0.977. The fraction of sp³-hybridized carbons (Fsp3) is 0.900. The van der Waals surface area contributed by atoms with Crippen molar-refractivity contribution in [3.63, 3.8) is 0 Å². The van der Waals surface area contributed by atoms with Gasteiger partial charge in [-0.15, -0.1) is 0 Å². The van der Waals surface area contributed by atoms with Crippen molar-refractivity contribution in [3.05, 3.63) is 0 Å². The Balaban J connectivity index is 4.06. The Morgan fingerprint density at radius 2 is 1.71 bits per heavy atom. The van der Waals surface area contributed by atoms with Gasteiger partial charge in [0.2, 0.25) is 0 Å². The van der Waals surface area contributed by atoms with E-state index in [0.29, 0.717) is 6.61 Å². The zero-order valence-electron chi connectivity index (χ0n) is 9.93. The van der Waals surface area contributed by atoms with E-state index in [4.69, 9.17) is 9.47 Å². The van der Waals surface area contributed by atoms with E-state index in [-0.39, 0.29) is 0 Å². The first-order valence-corrected chi connectivity index (χ1v) is 4.66. The van der Waals surface area contributed by atoms with E-state index >= 15 is 0 Å². The van der Waals surface area contributed by atoms with E-state index in [1.165, 1.54) is 0 Å². The molecule has 0 aliphatic rings. The smallest absolute Gasteiger partial charge is 0.408 e. The monoisotopic (exact) mass is 203 g/mol. The molecule has 0 aromatic heterocycles. The molecule has 4 heteroatoms. The number of carbonyl (C=O) groups is 1. The van der Waals surface area contributed by atoms with Crippen LogP contribution in [-0.2, 0) is 9.47 Å². The lowest BCUT2D eigenvalue weighted by atomic mass is 10.1. The molecular formula is C10H21NO3. The van der Waals surface area contributed by atoms with Gasteiger partial charge < -0.3 is 14.8 Å². The first kappa shape index (κ1) is 13.2. The Bertz CT molecular complexity index is 194. The van der Waals surface area contributed by atoms with Gasteiger partial charge in [-0.05, 0) is 34.6 Å². The average molecular weight is 203 g/mol. The minimum absolute atomic E-state index is 0.406. The summed E-state index contributed by atoms with van der Waals surface area (Å²) in [6.07, 6.45) is -0.417. The Hall–Kier alpha value is -0.770. The van der Waals surface area contributed by atoms with Crippen molar-refractivity contribution in [2.45, 2.75) is 45.8 Å². The summed E-state index contributed by atoms with van der Waals surface area (Å²) in [5.41, 5.74) is -0.871. The lowest BCUT2D eigenvalue weighted by Crippen LogP contribution is -2.48. The van der Waals surface area contributed by atoms with Gasteiger partial charge in [0, 0.05) is 7.11 Å². The number of carbonyl (C=O) groups excluding carboxylic acids is 1. The lowest BCUT2D eigenvalue weighted by Gasteiger charge is -2.27. The third kappa shape index (κ3) is 6.71. The maximum atomic E-state index is 11.4. The van der Waals surface area contributed by atoms with Crippen molar-refractivity contribution < 1.29 is 14.3 Å². The van der Waals surface area contributed by atoms with Crippen molar-refractivity contribution in [3.8, 4) is 0 Å². The van der Waals surface area contributed by atoms with Crippen LogP contribution in [-0.4, -0.2) is 30.9 Å². The third-order valence-electron chi connectivity index (χ3n) is 1.34. The van der Waals surface area contributed by atoms with Gasteiger partial charge in [0.25, 0.3) is 0 Å². The molecule has 0 bridgehead atoms. The van der Waals surface area contributed by atoms with E-state index in [1.54, 1.807) is 7.11 Å². The molecule has 0 unspecified atom stereocenters. The van der Waals surface area contributed by atoms with Gasteiger partial charge in [0.15, 0.2) is 0 Å². The summed E-state index contributed by atoms with van der Waals surface area (Å²) < 4.78 is 10.1. The van der Waals surface area contributed by atoms with Crippen molar-refractivity contribution in [1.82, 2.24) is 5.32 Å². The summed E-state index contributed by atoms with van der Waals surface area (Å²) >= 11 is 0. The second-order valence-electron chi connectivity index (χ2n) is 4.94. The predicted octanol–water partition coefficient (Wildman–Crippen LogP) is 1.94. The molecule has 0 aliphatic heterocycles. The molecule has 1 N–H and O–H groups in total. The van der Waals surface area contributed by atoms with Gasteiger partial charge in [-0.2, -0.15) is 0 Å². The van der Waals surface area contributed by atoms with E-state index in [0.717, 1.165) is 0 Å². The van der Waals surface area contributed by atoms with Crippen molar-refractivity contribution in [1.29, 1.82) is 0 Å². The number of methoxy groups -OCH3 is 1. The molecule has 0 spiro atoms. The zero-order valence-corrected chi connectivity index (χ0v) is 9.93. The van der Waals surface area contributed by atoms with Crippen LogP contribution in [0.1, 0.15) is 34.6 Å². The molecule has 4 nitrogen and oxygen atoms in total. The van der Waals surface area contributed by atoms with Crippen LogP contribution in [0.2, 0.25) is 0 Å². The molecule has 0 fully saturated rings. The lowest BCUT2D eigenvalue weighted by molar-refractivity contribution is 0.0403. The number of rotatable bonds is 3. The van der Waals surface area contributed by atoms with E-state index in [9.17, 15) is 4.79 Å². The van der Waals surface area contributed by atoms with Gasteiger partial charge in [-0.25, -0.2) is 4.79 Å². The highest BCUT2D eigenvalue weighted by molar-refractivity contribution is 5.68. The van der Waals surface area contributed by atoms with Gasteiger partial charge in [0.1, 0.15) is 5.60 Å². The van der Waals surface area contributed by atoms with Gasteiger partial charge in [-0.1, -0.05) is 0 Å². The Morgan fingerprint density at radius 1 is 1.21 bits per heavy atom. The van der Waals surface area contributed by atoms with Crippen LogP contribution >= 0.6 is 0 Å². The standard InChI is InChI=1S/C10H21NO3/c1-9(2,3)14-8(12)11-10(4,5)7-13-6/h7H2,1-6H3,(H,11,12). The SMILES string of the molecule is COCC(C)(C)NC(=O)OC(C)(C)C. The molecule has 0 aliphatic carbocycles. The summed E-state index contributed by atoms with van der Waals surface area (Å²) in [7, 11) is 1.60. The van der Waals surface area contributed by atoms with Crippen LogP contribution in [0.4, 0.5) is 4.79 Å². The quantitative estimate of drug-likeness (QED) is 0.762. The maximum Gasteiger partial charge on any atom is 0.408 e. The van der Waals surface area contributed by atoms with Crippen LogP contribution in [0, 0.1) is 0 Å². The summed E-state index contributed by atoms with van der Waals surface area (Å²) in [5, 5.41) is 2.73. The number of hydrogen-bond acceptors (Lipinski definition) is 3. The molecule has 14 heavy (non-hydrogen) atoms. The number of ether oxygens (including phenoxy) is 2. The number of alkyl carbamates (subject to hydrolysis) is 1. The predicted molar refractivity (Wildman–Crippen MR) is 55.3 cm³/mol. The van der Waals surface area contributed by atoms with E-state index in [1.807, 2.05) is 34.6 Å². The van der Waals surface area contributed by atoms with Crippen LogP contribution in [0.25, 0.3) is 0 Å². The summed E-state index contributed by atoms with van der Waals surface area (Å²) in [5.74, 6) is 0. The topological polar surface area (TPSA) is 47.6 Å². The number of nitrogens with one attached hydrogen (secondary N) is 1. The number of amides is 1. The van der Waals surface area contributed by atoms with Gasteiger partial charge in [-0.3, -0.25) is 0 Å². The summed E-state index contributed by atoms with van der Waals surface area (Å²) in [6, 6.07) is 0. The molecule has 0 heterocycles. The molecule has 0 radical (unpaired) electrons. The molecule has 0 saturated carbocycles. The Kier molecular flexibility index (Phi) is 4.39. The molecule has 84 valence electrons. The highest BCUT2D eigenvalue weighted by Crippen LogP contribution is 2.09. The molecule has 0 aromatic carbocycles. The second kappa shape index (κ2) is 4.64. The normalized spacial score (nSPS) is 12.4. The van der Waals surface area contributed by atoms with E-state index < -0.39 is 17.2 Å². The van der Waals surface area contributed by atoms with Crippen LogP contribution in [0.5, 0.6) is 0 Å². The van der Waals surface area contributed by atoms with Crippen LogP contribution in [0.3, 0.4) is 0 Å². The largest absolute Gasteiger partial charge is 0.444 e. The second-order valence-corrected chi connectivity index (χ2v) is 4.94. The van der Waals surface area contributed by atoms with Crippen LogP contribution < -0.4 is 5.32 Å². The maximum absolute atomic E-state index is 11.4. The number of hydrogen-bond donors (Lipinski definition) is 1. The molecule has 0 aromatic rings. The average Bonchev–Trinajstić information content (AvgIpc) is 1.78. The molecular weight excluding hydrogens is 182 g/mol. The molecule has 0 atom stereocenters. The van der Waals surface area contributed by atoms with Crippen LogP contribution in [0.15, 0.2) is 0 Å². The molecule has 1 amide bonds. The van der Waals surface area contributed by atoms with Crippen molar-refractivity contribution in [2.75, 3.05) is 13.7 Å². The first-order chi connectivity index (χ1) is 6.16. The Labute approximate surface area is 86.0 Å². The van der Waals surface area contributed by atoms with E-state index in [2.05, 4.69) is 5.32 Å². The first-order valence-electron chi connectivity index (χ1n) is 4.66. The van der Waals surface area contributed by atoms with Gasteiger partial charge >= 0.3 is 6.09 Å².